The fourth-order valence-electron chi connectivity index (χ4n) is 7.89. The first-order valence-corrected chi connectivity index (χ1v) is 16.0. The van der Waals surface area contributed by atoms with Crippen molar-refractivity contribution in [3.05, 3.63) is 93.3 Å². The molecule has 5 nitrogen and oxygen atoms in total. The van der Waals surface area contributed by atoms with Crippen LogP contribution in [0.2, 0.25) is 5.02 Å². The van der Waals surface area contributed by atoms with E-state index in [-0.39, 0.29) is 16.5 Å². The van der Waals surface area contributed by atoms with Gasteiger partial charge in [0.05, 0.1) is 11.6 Å². The number of nitrogens with zero attached hydrogens (tertiary/aromatic N) is 1. The summed E-state index contributed by atoms with van der Waals surface area (Å²) in [6.45, 7) is 9.03. The van der Waals surface area contributed by atoms with E-state index in [9.17, 15) is 14.3 Å². The van der Waals surface area contributed by atoms with Crippen molar-refractivity contribution in [1.29, 1.82) is 0 Å². The molecule has 1 aliphatic heterocycles. The number of aliphatic carboxylic acids is 1. The van der Waals surface area contributed by atoms with E-state index in [4.69, 9.17) is 16.3 Å². The topological polar surface area (TPSA) is 61.8 Å². The van der Waals surface area contributed by atoms with Crippen molar-refractivity contribution >= 4 is 23.3 Å². The number of hydrogen-bond acceptors (Lipinski definition) is 4. The monoisotopic (exact) mass is 604 g/mol. The highest BCUT2D eigenvalue weighted by Crippen LogP contribution is 2.52. The second-order valence-corrected chi connectivity index (χ2v) is 13.7. The first kappa shape index (κ1) is 30.0. The molecule has 1 heterocycles. The fraction of sp³-hybridized carbons (Fsp3) is 0.472. The van der Waals surface area contributed by atoms with Gasteiger partial charge in [-0.2, -0.15) is 0 Å². The molecule has 0 aromatic heterocycles. The Hall–Kier alpha value is -3.09. The Balaban J connectivity index is 1.21. The van der Waals surface area contributed by atoms with Gasteiger partial charge in [0.2, 0.25) is 0 Å². The molecule has 3 aromatic carbocycles. The van der Waals surface area contributed by atoms with Crippen LogP contribution >= 0.6 is 11.6 Å². The molecule has 2 aliphatic carbocycles. The standard InChI is InChI=1S/C36H42ClFN2O3/c1-23-10-12-29-27(18-23)21-40(20-24(2)22-43-32-9-5-8-26-7-4-6-25(3)33(26)32)36(29)16-14-35(15-17-36,34(41)42)39-28-11-13-31(38)30(37)19-28/h5,8-13,18-19,24-25,39H,4,6-7,14-17,20-22H2,1-3H3,(H,41,42)/t24-,25-,35?,36?/m1/s1. The first-order chi connectivity index (χ1) is 20.6. The predicted molar refractivity (Wildman–Crippen MR) is 170 cm³/mol. The summed E-state index contributed by atoms with van der Waals surface area (Å²) in [6, 6.07) is 17.5. The molecule has 0 unspecified atom stereocenters. The lowest BCUT2D eigenvalue weighted by molar-refractivity contribution is -0.145. The average molecular weight is 605 g/mol. The summed E-state index contributed by atoms with van der Waals surface area (Å²) in [5.74, 6) is 0.424. The number of carbonyl (C=O) groups is 1. The molecule has 3 aromatic rings. The molecule has 3 aliphatic rings. The molecule has 228 valence electrons. The van der Waals surface area contributed by atoms with Crippen LogP contribution in [-0.4, -0.2) is 34.7 Å². The summed E-state index contributed by atoms with van der Waals surface area (Å²) in [4.78, 5) is 15.3. The average Bonchev–Trinajstić information content (AvgIpc) is 3.26. The number of carboxylic acids is 1. The highest BCUT2D eigenvalue weighted by atomic mass is 35.5. The number of ether oxygens (including phenoxy) is 1. The van der Waals surface area contributed by atoms with Gasteiger partial charge < -0.3 is 15.2 Å². The lowest BCUT2D eigenvalue weighted by atomic mass is 9.69. The van der Waals surface area contributed by atoms with E-state index >= 15 is 0 Å². The van der Waals surface area contributed by atoms with Crippen LogP contribution in [0.3, 0.4) is 0 Å². The van der Waals surface area contributed by atoms with E-state index in [1.807, 2.05) is 0 Å². The highest BCUT2D eigenvalue weighted by molar-refractivity contribution is 6.31. The Morgan fingerprint density at radius 1 is 1.14 bits per heavy atom. The van der Waals surface area contributed by atoms with Gasteiger partial charge in [0.15, 0.2) is 0 Å². The largest absolute Gasteiger partial charge is 0.493 e. The Morgan fingerprint density at radius 3 is 2.67 bits per heavy atom. The third-order valence-corrected chi connectivity index (χ3v) is 10.4. The minimum absolute atomic E-state index is 0.0224. The van der Waals surface area contributed by atoms with Crippen LogP contribution in [0.4, 0.5) is 10.1 Å². The molecule has 2 N–H and O–H groups in total. The van der Waals surface area contributed by atoms with Crippen LogP contribution < -0.4 is 10.1 Å². The fourth-order valence-corrected chi connectivity index (χ4v) is 8.07. The van der Waals surface area contributed by atoms with Gasteiger partial charge in [-0.1, -0.05) is 61.3 Å². The van der Waals surface area contributed by atoms with Crippen molar-refractivity contribution in [3.8, 4) is 5.75 Å². The maximum Gasteiger partial charge on any atom is 0.329 e. The number of rotatable bonds is 8. The maximum atomic E-state index is 13.8. The van der Waals surface area contributed by atoms with Gasteiger partial charge in [-0.15, -0.1) is 0 Å². The predicted octanol–water partition coefficient (Wildman–Crippen LogP) is 8.46. The zero-order valence-electron chi connectivity index (χ0n) is 25.4. The number of anilines is 1. The SMILES string of the molecule is Cc1ccc2c(c1)CN(C[C@@H](C)COc1cccc3c1[C@H](C)CCC3)C21CCC(Nc2ccc(F)c(Cl)c2)(C(=O)O)CC1. The number of fused-ring (bicyclic) bond motifs is 3. The molecule has 0 bridgehead atoms. The van der Waals surface area contributed by atoms with Crippen molar-refractivity contribution in [1.82, 2.24) is 4.90 Å². The number of nitrogens with one attached hydrogen (secondary N) is 1. The number of carboxylic acid groups (broad SMARTS) is 1. The Kier molecular flexibility index (Phi) is 8.20. The van der Waals surface area contributed by atoms with Gasteiger partial charge in [-0.3, -0.25) is 4.90 Å². The molecule has 1 spiro atoms. The minimum Gasteiger partial charge on any atom is -0.493 e. The van der Waals surface area contributed by atoms with Crippen molar-refractivity contribution < 1.29 is 19.0 Å². The Bertz CT molecular complexity index is 1520. The lowest BCUT2D eigenvalue weighted by Crippen LogP contribution is -2.55. The Morgan fingerprint density at radius 2 is 1.93 bits per heavy atom. The van der Waals surface area contributed by atoms with Gasteiger partial charge in [0.25, 0.3) is 0 Å². The smallest absolute Gasteiger partial charge is 0.329 e. The summed E-state index contributed by atoms with van der Waals surface area (Å²) >= 11 is 6.02. The molecule has 1 saturated carbocycles. The van der Waals surface area contributed by atoms with E-state index in [1.54, 1.807) is 6.07 Å². The minimum atomic E-state index is -1.15. The Labute approximate surface area is 259 Å². The van der Waals surface area contributed by atoms with E-state index in [2.05, 4.69) is 67.4 Å². The number of hydrogen-bond donors (Lipinski definition) is 2. The molecule has 0 saturated heterocycles. The van der Waals surface area contributed by atoms with Crippen LogP contribution in [0.15, 0.2) is 54.6 Å². The second-order valence-electron chi connectivity index (χ2n) is 13.3. The summed E-state index contributed by atoms with van der Waals surface area (Å²) in [6.07, 6.45) is 5.86. The molecule has 7 heteroatoms. The van der Waals surface area contributed by atoms with Crippen molar-refractivity contribution in [3.63, 3.8) is 0 Å². The van der Waals surface area contributed by atoms with Crippen LogP contribution in [0.5, 0.6) is 5.75 Å². The zero-order chi connectivity index (χ0) is 30.4. The molecular formula is C36H42ClFN2O3. The molecule has 43 heavy (non-hydrogen) atoms. The van der Waals surface area contributed by atoms with Crippen molar-refractivity contribution in [2.45, 2.75) is 89.3 Å². The first-order valence-electron chi connectivity index (χ1n) is 15.7. The van der Waals surface area contributed by atoms with Crippen LogP contribution in [0, 0.1) is 18.7 Å². The van der Waals surface area contributed by atoms with E-state index in [0.29, 0.717) is 43.9 Å². The molecule has 6 rings (SSSR count). The normalized spacial score (nSPS) is 25.7. The van der Waals surface area contributed by atoms with E-state index < -0.39 is 17.3 Å². The van der Waals surface area contributed by atoms with E-state index in [1.165, 1.54) is 52.8 Å². The summed E-state index contributed by atoms with van der Waals surface area (Å²) in [5, 5.41) is 13.6. The lowest BCUT2D eigenvalue weighted by Gasteiger charge is -2.48. The van der Waals surface area contributed by atoms with Gasteiger partial charge in [0, 0.05) is 35.8 Å². The van der Waals surface area contributed by atoms with Crippen LogP contribution in [0.25, 0.3) is 0 Å². The molecule has 1 fully saturated rings. The molecule has 0 amide bonds. The van der Waals surface area contributed by atoms with Crippen molar-refractivity contribution in [2.24, 2.45) is 5.92 Å². The number of halogens is 2. The van der Waals surface area contributed by atoms with Crippen molar-refractivity contribution in [2.75, 3.05) is 18.5 Å². The third kappa shape index (κ3) is 5.64. The number of benzene rings is 3. The number of aryl methyl sites for hydroxylation is 2. The maximum absolute atomic E-state index is 13.8. The summed E-state index contributed by atoms with van der Waals surface area (Å²) < 4.78 is 20.3. The summed E-state index contributed by atoms with van der Waals surface area (Å²) in [5.41, 5.74) is 5.83. The molecule has 2 atom stereocenters. The quantitative estimate of drug-likeness (QED) is 0.270. The second kappa shape index (κ2) is 11.8. The van der Waals surface area contributed by atoms with Gasteiger partial charge in [0.1, 0.15) is 17.1 Å². The molecular weight excluding hydrogens is 563 g/mol. The van der Waals surface area contributed by atoms with Gasteiger partial charge in [-0.25, -0.2) is 9.18 Å². The molecule has 0 radical (unpaired) electrons. The third-order valence-electron chi connectivity index (χ3n) is 10.2. The van der Waals surface area contributed by atoms with Gasteiger partial charge in [-0.05, 0) is 98.7 Å². The zero-order valence-corrected chi connectivity index (χ0v) is 26.1. The van der Waals surface area contributed by atoms with Crippen LogP contribution in [0.1, 0.15) is 86.1 Å². The summed E-state index contributed by atoms with van der Waals surface area (Å²) in [7, 11) is 0. The van der Waals surface area contributed by atoms with E-state index in [0.717, 1.165) is 25.3 Å². The highest BCUT2D eigenvalue weighted by Gasteiger charge is 2.53. The van der Waals surface area contributed by atoms with Gasteiger partial charge >= 0.3 is 5.97 Å². The van der Waals surface area contributed by atoms with Crippen LogP contribution in [-0.2, 0) is 23.3 Å².